The number of nitrogens with zero attached hydrogens (tertiary/aromatic N) is 3. The molecule has 1 fully saturated rings. The summed E-state index contributed by atoms with van der Waals surface area (Å²) in [6, 6.07) is 7.22. The van der Waals surface area contributed by atoms with Gasteiger partial charge in [0.15, 0.2) is 4.90 Å². The van der Waals surface area contributed by atoms with Crippen LogP contribution in [0.1, 0.15) is 23.7 Å². The van der Waals surface area contributed by atoms with Gasteiger partial charge in [-0.05, 0) is 25.5 Å². The molecule has 2 N–H and O–H groups in total. The normalized spacial score (nSPS) is 19.5. The molecule has 1 aromatic carbocycles. The van der Waals surface area contributed by atoms with Crippen molar-refractivity contribution in [3.05, 3.63) is 40.5 Å². The molecule has 25 heavy (non-hydrogen) atoms. The number of aryl methyl sites for hydroxylation is 1. The van der Waals surface area contributed by atoms with Crippen LogP contribution in [0.2, 0.25) is 5.02 Å². The number of ether oxygens (including phenoxy) is 1. The second kappa shape index (κ2) is 8.26. The quantitative estimate of drug-likeness (QED) is 0.522. The first-order chi connectivity index (χ1) is 12.0. The average Bonchev–Trinajstić information content (AvgIpc) is 2.80. The van der Waals surface area contributed by atoms with Gasteiger partial charge in [-0.1, -0.05) is 11.6 Å². The van der Waals surface area contributed by atoms with Gasteiger partial charge in [0.2, 0.25) is 5.95 Å². The first-order valence-electron chi connectivity index (χ1n) is 7.78. The third-order valence-electron chi connectivity index (χ3n) is 4.00. The van der Waals surface area contributed by atoms with E-state index in [2.05, 4.69) is 14.9 Å². The van der Waals surface area contributed by atoms with Crippen LogP contribution < -0.4 is 10.6 Å². The minimum atomic E-state index is -1.11. The molecular weight excluding hydrogens is 475 g/mol. The lowest BCUT2D eigenvalue weighted by Crippen LogP contribution is -2.32. The maximum atomic E-state index is 11.9. The third-order valence-corrected chi connectivity index (χ3v) is 6.50. The molecule has 6 nitrogen and oxygen atoms in total. The van der Waals surface area contributed by atoms with Gasteiger partial charge in [-0.2, -0.15) is 4.98 Å². The molecule has 0 bridgehead atoms. The number of anilines is 2. The van der Waals surface area contributed by atoms with Crippen LogP contribution in [0.15, 0.2) is 29.2 Å². The van der Waals surface area contributed by atoms with Crippen molar-refractivity contribution >= 4 is 52.9 Å². The summed E-state index contributed by atoms with van der Waals surface area (Å²) in [5.74, 6) is 0.990. The van der Waals surface area contributed by atoms with E-state index < -0.39 is 8.35 Å². The average molecular weight is 493 g/mol. The van der Waals surface area contributed by atoms with Crippen LogP contribution in [0.25, 0.3) is 0 Å². The Labute approximate surface area is 166 Å². The van der Waals surface area contributed by atoms with Gasteiger partial charge in [-0.3, -0.25) is 0 Å². The van der Waals surface area contributed by atoms with Crippen molar-refractivity contribution in [3.63, 3.8) is 0 Å². The summed E-state index contributed by atoms with van der Waals surface area (Å²) in [7, 11) is -1.11. The van der Waals surface area contributed by atoms with E-state index >= 15 is 0 Å². The Kier molecular flexibility index (Phi) is 6.26. The minimum Gasteiger partial charge on any atom is -0.604 e. The number of halogens is 2. The largest absolute Gasteiger partial charge is 0.604 e. The smallest absolute Gasteiger partial charge is 0.255 e. The molecule has 2 aromatic rings. The number of hydrogen-bond acceptors (Lipinski definition) is 6. The predicted octanol–water partition coefficient (Wildman–Crippen LogP) is 3.45. The van der Waals surface area contributed by atoms with Crippen LogP contribution in [0.5, 0.6) is 0 Å². The molecule has 1 aromatic heterocycles. The highest BCUT2D eigenvalue weighted by Gasteiger charge is 2.28. The Hall–Kier alpha value is -0.810. The van der Waals surface area contributed by atoms with Gasteiger partial charge in [-0.25, -0.2) is 4.98 Å². The summed E-state index contributed by atoms with van der Waals surface area (Å²) < 4.78 is 17.6. The van der Waals surface area contributed by atoms with Crippen LogP contribution in [-0.4, -0.2) is 34.3 Å². The van der Waals surface area contributed by atoms with Crippen molar-refractivity contribution in [1.82, 2.24) is 9.97 Å². The second-order valence-electron chi connectivity index (χ2n) is 5.77. The van der Waals surface area contributed by atoms with E-state index in [0.717, 1.165) is 34.9 Å². The predicted molar refractivity (Wildman–Crippen MR) is 109 cm³/mol. The van der Waals surface area contributed by atoms with Crippen LogP contribution in [0.4, 0.5) is 11.8 Å². The number of hydrogen-bond donors (Lipinski definition) is 1. The van der Waals surface area contributed by atoms with Crippen LogP contribution in [0, 0.1) is 6.92 Å². The first-order valence-corrected chi connectivity index (χ1v) is 11.9. The molecule has 9 heteroatoms. The molecule has 1 saturated heterocycles. The Balaban J connectivity index is 2.05. The summed E-state index contributed by atoms with van der Waals surface area (Å²) >= 11 is 8.35. The molecule has 3 rings (SSSR count). The zero-order chi connectivity index (χ0) is 18.0. The topological polar surface area (TPSA) is 87.3 Å². The van der Waals surface area contributed by atoms with Gasteiger partial charge in [0.1, 0.15) is 5.82 Å². The van der Waals surface area contributed by atoms with Gasteiger partial charge in [0, 0.05) is 41.6 Å². The van der Waals surface area contributed by atoms with Crippen molar-refractivity contribution in [2.24, 2.45) is 0 Å². The summed E-state index contributed by atoms with van der Waals surface area (Å²) in [6.45, 7) is 3.79. The fraction of sp³-hybridized carbons (Fsp3) is 0.375. The minimum absolute atomic E-state index is 0.136. The van der Waals surface area contributed by atoms with Gasteiger partial charge < -0.3 is 19.9 Å². The monoisotopic (exact) mass is 492 g/mol. The molecule has 2 atom stereocenters. The number of aromatic nitrogens is 2. The van der Waals surface area contributed by atoms with E-state index in [9.17, 15) is 4.55 Å². The molecule has 0 aliphatic carbocycles. The summed E-state index contributed by atoms with van der Waals surface area (Å²) in [6.07, 6.45) is 0.870. The molecule has 0 amide bonds. The zero-order valence-electron chi connectivity index (χ0n) is 13.6. The lowest BCUT2D eigenvalue weighted by Gasteiger charge is -2.31. The van der Waals surface area contributed by atoms with E-state index in [-0.39, 0.29) is 12.0 Å². The second-order valence-corrected chi connectivity index (χ2v) is 9.50. The number of rotatable bonds is 3. The molecule has 0 saturated carbocycles. The molecule has 134 valence electrons. The highest BCUT2D eigenvalue weighted by atomic mass is 127. The lowest BCUT2D eigenvalue weighted by molar-refractivity contribution is 0.134. The number of benzene rings is 1. The van der Waals surface area contributed by atoms with Crippen LogP contribution in [0.3, 0.4) is 0 Å². The summed E-state index contributed by atoms with van der Waals surface area (Å²) in [5, 5.41) is 0.616. The van der Waals surface area contributed by atoms with Gasteiger partial charge in [0.05, 0.1) is 21.0 Å². The Morgan fingerprint density at radius 3 is 2.92 bits per heavy atom. The van der Waals surface area contributed by atoms with E-state index in [0.29, 0.717) is 18.2 Å². The molecule has 0 spiro atoms. The SMILES string of the molecule is Cc1cc(N2CCCOC[C@@H]2c2cc([S@+]([O-])I)ccc2Cl)nc(N)n1. The lowest BCUT2D eigenvalue weighted by atomic mass is 10.1. The maximum absolute atomic E-state index is 11.9. The standard InChI is InChI=1S/C16H18ClIN4O2S/c1-10-7-15(21-16(19)20-10)22-5-2-6-24-9-14(22)12-8-11(25(18)23)3-4-13(12)17/h3-4,7-8,14H,2,5-6,9H2,1H3,(H2,19,20,21)/t14-,25+/m1/s1. The summed E-state index contributed by atoms with van der Waals surface area (Å²) in [5.41, 5.74) is 7.52. The molecule has 0 unspecified atom stereocenters. The third kappa shape index (κ3) is 4.48. The van der Waals surface area contributed by atoms with Gasteiger partial charge >= 0.3 is 0 Å². The number of nitrogens with two attached hydrogens (primary N) is 1. The van der Waals surface area contributed by atoms with E-state index in [1.165, 1.54) is 0 Å². The molecule has 0 radical (unpaired) electrons. The first kappa shape index (κ1) is 19.0. The Morgan fingerprint density at radius 2 is 2.20 bits per heavy atom. The van der Waals surface area contributed by atoms with Crippen LogP contribution >= 0.6 is 32.8 Å². The maximum Gasteiger partial charge on any atom is 0.255 e. The fourth-order valence-corrected chi connectivity index (χ4v) is 4.37. The molecule has 1 aliphatic rings. The van der Waals surface area contributed by atoms with E-state index in [1.54, 1.807) is 12.1 Å². The Morgan fingerprint density at radius 1 is 1.40 bits per heavy atom. The zero-order valence-corrected chi connectivity index (χ0v) is 17.3. The van der Waals surface area contributed by atoms with Gasteiger partial charge in [0.25, 0.3) is 21.2 Å². The van der Waals surface area contributed by atoms with Gasteiger partial charge in [-0.15, -0.1) is 0 Å². The van der Waals surface area contributed by atoms with Crippen molar-refractivity contribution in [1.29, 1.82) is 0 Å². The van der Waals surface area contributed by atoms with Crippen molar-refractivity contribution < 1.29 is 9.29 Å². The Bertz CT molecular complexity index is 745. The summed E-state index contributed by atoms with van der Waals surface area (Å²) in [4.78, 5) is 11.4. The highest BCUT2D eigenvalue weighted by Crippen LogP contribution is 2.35. The molecular formula is C16H18ClIN4O2S. The molecule has 2 heterocycles. The van der Waals surface area contributed by atoms with E-state index in [4.69, 9.17) is 22.1 Å². The number of nitrogen functional groups attached to an aromatic ring is 1. The van der Waals surface area contributed by atoms with Crippen molar-refractivity contribution in [2.75, 3.05) is 30.4 Å². The van der Waals surface area contributed by atoms with Crippen molar-refractivity contribution in [2.45, 2.75) is 24.3 Å². The molecule has 1 aliphatic heterocycles. The van der Waals surface area contributed by atoms with Crippen LogP contribution in [-0.2, 0) is 13.1 Å². The fourth-order valence-electron chi connectivity index (χ4n) is 2.91. The van der Waals surface area contributed by atoms with E-state index in [1.807, 2.05) is 40.3 Å². The highest BCUT2D eigenvalue weighted by molar-refractivity contribution is 14.2. The van der Waals surface area contributed by atoms with Crippen molar-refractivity contribution in [3.8, 4) is 0 Å².